The van der Waals surface area contributed by atoms with Crippen LogP contribution in [-0.4, -0.2) is 42.9 Å². The van der Waals surface area contributed by atoms with Gasteiger partial charge in [0, 0.05) is 57.0 Å². The van der Waals surface area contributed by atoms with Gasteiger partial charge in [-0.15, -0.1) is 0 Å². The zero-order valence-corrected chi connectivity index (χ0v) is 25.1. The fraction of sp³-hybridized carbons (Fsp3) is 0.462. The molecule has 0 amide bonds. The summed E-state index contributed by atoms with van der Waals surface area (Å²) in [6, 6.07) is 11.7. The van der Waals surface area contributed by atoms with Crippen LogP contribution in [0.5, 0.6) is 5.75 Å². The van der Waals surface area contributed by atoms with Gasteiger partial charge in [-0.1, -0.05) is 51.8 Å². The Balaban J connectivity index is 0.00000154. The molecule has 197 valence electrons. The predicted molar refractivity (Wildman–Crippen MR) is 134 cm³/mol. The van der Waals surface area contributed by atoms with Gasteiger partial charge >= 0.3 is 6.18 Å². The number of aryl methyl sites for hydroxylation is 1. The van der Waals surface area contributed by atoms with E-state index in [-0.39, 0.29) is 64.9 Å². The minimum absolute atomic E-state index is 0. The summed E-state index contributed by atoms with van der Waals surface area (Å²) in [5, 5.41) is 7.57. The molecule has 1 heterocycles. The fourth-order valence-corrected chi connectivity index (χ4v) is 3.64. The third kappa shape index (κ3) is 11.3. The standard InChI is InChI=1S/C24H26BrF3NO3.C2H6O.Y/c1-22(2)31-15-23(29,16-32-22)11-10-18-8-9-21(20(14-18)24(26,27)28)30-12-4-6-17-5-3-7-19(25)13-17;1-2-3;/h3,5,7-11,13-14,29H,4,6,12,15-16H2,1-2H3;3H,2H2,1H3;/q-1;;/b11-10+;;. The van der Waals surface area contributed by atoms with Crippen LogP contribution >= 0.6 is 15.9 Å². The third-order valence-electron chi connectivity index (χ3n) is 5.01. The molecule has 5 nitrogen and oxygen atoms in total. The Morgan fingerprint density at radius 3 is 2.36 bits per heavy atom. The van der Waals surface area contributed by atoms with Gasteiger partial charge < -0.3 is 25.1 Å². The predicted octanol–water partition coefficient (Wildman–Crippen LogP) is 7.06. The van der Waals surface area contributed by atoms with Crippen molar-refractivity contribution in [2.24, 2.45) is 0 Å². The van der Waals surface area contributed by atoms with Gasteiger partial charge in [0.25, 0.3) is 0 Å². The van der Waals surface area contributed by atoms with Gasteiger partial charge in [0.1, 0.15) is 5.75 Å². The van der Waals surface area contributed by atoms with Crippen molar-refractivity contribution in [3.05, 3.63) is 75.4 Å². The van der Waals surface area contributed by atoms with Crippen molar-refractivity contribution in [1.29, 1.82) is 0 Å². The maximum atomic E-state index is 13.6. The Kier molecular flexibility index (Phi) is 13.8. The van der Waals surface area contributed by atoms with Gasteiger partial charge in [-0.05, 0) is 69.0 Å². The average Bonchev–Trinajstić information content (AvgIpc) is 2.78. The van der Waals surface area contributed by atoms with Crippen LogP contribution in [0.15, 0.2) is 53.0 Å². The number of aliphatic hydroxyl groups excluding tert-OH is 1. The van der Waals surface area contributed by atoms with Gasteiger partial charge in [0.15, 0.2) is 5.79 Å². The molecule has 2 N–H and O–H groups in total. The maximum absolute atomic E-state index is 13.6. The SMILES string of the molecule is CC1(C)OCC([NH-])(/C=C/c2ccc(OCCCc3cccc(Br)c3)c(C(F)(F)F)c2)CO1.CCO.[Y]. The number of nitrogens with one attached hydrogen (secondary N) is 1. The number of benzene rings is 2. The van der Waals surface area contributed by atoms with Crippen molar-refractivity contribution in [3.8, 4) is 5.75 Å². The fourth-order valence-electron chi connectivity index (χ4n) is 3.19. The number of aliphatic hydroxyl groups is 1. The van der Waals surface area contributed by atoms with E-state index in [9.17, 15) is 13.2 Å². The molecule has 0 bridgehead atoms. The molecule has 0 aliphatic carbocycles. The van der Waals surface area contributed by atoms with Gasteiger partial charge in [0.05, 0.1) is 12.2 Å². The Morgan fingerprint density at radius 1 is 1.14 bits per heavy atom. The van der Waals surface area contributed by atoms with E-state index in [4.69, 9.17) is 25.1 Å². The van der Waals surface area contributed by atoms with E-state index < -0.39 is 23.1 Å². The zero-order valence-electron chi connectivity index (χ0n) is 20.7. The molecule has 0 aromatic heterocycles. The van der Waals surface area contributed by atoms with Crippen LogP contribution in [0.2, 0.25) is 0 Å². The smallest absolute Gasteiger partial charge is 0.419 e. The maximum Gasteiger partial charge on any atom is 0.419 e. The topological polar surface area (TPSA) is 71.7 Å². The van der Waals surface area contributed by atoms with E-state index >= 15 is 0 Å². The van der Waals surface area contributed by atoms with Crippen LogP contribution in [0.25, 0.3) is 11.8 Å². The number of hydrogen-bond acceptors (Lipinski definition) is 4. The van der Waals surface area contributed by atoms with Crippen molar-refractivity contribution >= 4 is 22.0 Å². The summed E-state index contributed by atoms with van der Waals surface area (Å²) < 4.78 is 58.3. The molecule has 0 unspecified atom stereocenters. The van der Waals surface area contributed by atoms with E-state index in [1.807, 2.05) is 24.3 Å². The van der Waals surface area contributed by atoms with Crippen molar-refractivity contribution in [2.45, 2.75) is 51.1 Å². The van der Waals surface area contributed by atoms with E-state index in [0.29, 0.717) is 18.4 Å². The normalized spacial score (nSPS) is 16.6. The average molecular weight is 648 g/mol. The molecule has 0 atom stereocenters. The summed E-state index contributed by atoms with van der Waals surface area (Å²) >= 11 is 3.40. The number of rotatable bonds is 7. The molecular formula is C26H32BrF3NO4Y-. The van der Waals surface area contributed by atoms with Gasteiger partial charge in [-0.3, -0.25) is 0 Å². The molecule has 1 radical (unpaired) electrons. The molecule has 2 aromatic carbocycles. The molecule has 10 heteroatoms. The summed E-state index contributed by atoms with van der Waals surface area (Å²) in [6.07, 6.45) is -0.259. The van der Waals surface area contributed by atoms with Gasteiger partial charge in [-0.2, -0.15) is 13.2 Å². The summed E-state index contributed by atoms with van der Waals surface area (Å²) in [5.74, 6) is -0.965. The molecule has 2 aromatic rings. The molecule has 1 aliphatic heterocycles. The van der Waals surface area contributed by atoms with E-state index in [1.54, 1.807) is 26.8 Å². The van der Waals surface area contributed by atoms with Crippen LogP contribution in [0, 0.1) is 0 Å². The van der Waals surface area contributed by atoms with Crippen LogP contribution in [0.3, 0.4) is 0 Å². The second-order valence-corrected chi connectivity index (χ2v) is 9.53. The van der Waals surface area contributed by atoms with E-state index in [2.05, 4.69) is 15.9 Å². The zero-order chi connectivity index (χ0) is 26.1. The van der Waals surface area contributed by atoms with Crippen molar-refractivity contribution in [1.82, 2.24) is 0 Å². The van der Waals surface area contributed by atoms with Crippen molar-refractivity contribution in [3.63, 3.8) is 0 Å². The number of ether oxygens (including phenoxy) is 3. The molecule has 0 saturated carbocycles. The van der Waals surface area contributed by atoms with Gasteiger partial charge in [-0.25, -0.2) is 0 Å². The first-order valence-electron chi connectivity index (χ1n) is 11.3. The van der Waals surface area contributed by atoms with Crippen LogP contribution in [0.4, 0.5) is 13.2 Å². The molecular weight excluding hydrogens is 616 g/mol. The molecule has 1 fully saturated rings. The first-order valence-corrected chi connectivity index (χ1v) is 12.1. The number of hydrogen-bond donors (Lipinski definition) is 1. The minimum atomic E-state index is -4.55. The largest absolute Gasteiger partial charge is 0.665 e. The third-order valence-corrected chi connectivity index (χ3v) is 5.51. The summed E-state index contributed by atoms with van der Waals surface area (Å²) in [6.45, 7) is 5.81. The first-order chi connectivity index (χ1) is 16.4. The Bertz CT molecular complexity index is 976. The Morgan fingerprint density at radius 2 is 1.78 bits per heavy atom. The summed E-state index contributed by atoms with van der Waals surface area (Å²) in [7, 11) is 0. The monoisotopic (exact) mass is 647 g/mol. The first kappa shape index (κ1) is 33.2. The van der Waals surface area contributed by atoms with E-state index in [0.717, 1.165) is 16.1 Å². The van der Waals surface area contributed by atoms with Crippen molar-refractivity contribution in [2.75, 3.05) is 26.4 Å². The minimum Gasteiger partial charge on any atom is -0.665 e. The Hall–Kier alpha value is -0.806. The molecule has 1 aliphatic rings. The summed E-state index contributed by atoms with van der Waals surface area (Å²) in [4.78, 5) is 0. The molecule has 1 saturated heterocycles. The number of halogens is 4. The van der Waals surface area contributed by atoms with Crippen LogP contribution < -0.4 is 4.74 Å². The van der Waals surface area contributed by atoms with E-state index in [1.165, 1.54) is 18.2 Å². The second-order valence-electron chi connectivity index (χ2n) is 8.62. The summed E-state index contributed by atoms with van der Waals surface area (Å²) in [5.41, 5.74) is 7.80. The Labute approximate surface area is 244 Å². The van der Waals surface area contributed by atoms with Crippen molar-refractivity contribution < 1.29 is 65.2 Å². The molecule has 0 spiro atoms. The molecule has 3 rings (SSSR count). The van der Waals surface area contributed by atoms with Crippen LogP contribution in [-0.2, 0) is 54.8 Å². The van der Waals surface area contributed by atoms with Gasteiger partial charge in [0.2, 0.25) is 0 Å². The number of alkyl halides is 3. The van der Waals surface area contributed by atoms with Crippen LogP contribution in [0.1, 0.15) is 43.9 Å². The second kappa shape index (κ2) is 15.0. The molecule has 36 heavy (non-hydrogen) atoms. The quantitative estimate of drug-likeness (QED) is 0.327.